The molecular formula is C27H31NO6S. The fourth-order valence-electron chi connectivity index (χ4n) is 3.83. The minimum absolute atomic E-state index is 0.0581. The number of aliphatic hydroxyl groups is 2. The molecule has 1 aromatic heterocycles. The Bertz CT molecular complexity index is 1110. The molecule has 3 rings (SSSR count). The van der Waals surface area contributed by atoms with Gasteiger partial charge in [0.1, 0.15) is 5.75 Å². The first-order chi connectivity index (χ1) is 16.7. The van der Waals surface area contributed by atoms with Crippen LogP contribution in [0.5, 0.6) is 5.75 Å². The van der Waals surface area contributed by atoms with E-state index in [1.165, 1.54) is 6.07 Å². The van der Waals surface area contributed by atoms with Gasteiger partial charge in [0.05, 0.1) is 12.2 Å². The number of ether oxygens (including phenoxy) is 1. The van der Waals surface area contributed by atoms with Gasteiger partial charge in [0.2, 0.25) is 0 Å². The first-order valence-corrected chi connectivity index (χ1v) is 12.5. The molecular weight excluding hydrogens is 466 g/mol. The molecule has 7 nitrogen and oxygen atoms in total. The number of aliphatic carboxylic acids is 1. The maximum Gasteiger partial charge on any atom is 0.303 e. The Balaban J connectivity index is 1.78. The van der Waals surface area contributed by atoms with Crippen LogP contribution in [0.15, 0.2) is 66.0 Å². The number of nitrogens with zero attached hydrogens (tertiary/aromatic N) is 1. The highest BCUT2D eigenvalue weighted by atomic mass is 32.1. The van der Waals surface area contributed by atoms with Crippen LogP contribution in [0.25, 0.3) is 10.4 Å². The second-order valence-electron chi connectivity index (χ2n) is 8.51. The molecule has 3 N–H and O–H groups in total. The number of carboxylic acids is 1. The highest BCUT2D eigenvalue weighted by molar-refractivity contribution is 7.13. The summed E-state index contributed by atoms with van der Waals surface area (Å²) in [6.07, 6.45) is 1.95. The third-order valence-corrected chi connectivity index (χ3v) is 6.47. The zero-order valence-corrected chi connectivity index (χ0v) is 20.7. The van der Waals surface area contributed by atoms with Crippen molar-refractivity contribution in [3.05, 3.63) is 77.2 Å². The van der Waals surface area contributed by atoms with Crippen molar-refractivity contribution in [2.45, 2.75) is 51.5 Å². The van der Waals surface area contributed by atoms with Gasteiger partial charge in [-0.05, 0) is 74.4 Å². The molecule has 0 radical (unpaired) electrons. The number of unbranched alkanes of at least 4 members (excludes halogenated alkanes) is 2. The van der Waals surface area contributed by atoms with E-state index in [2.05, 4.69) is 0 Å². The standard InChI is InChI=1S/C27H31NO6S/c1-19(2)28(26(31)21-15-13-20(14-16-21)24-11-8-18-35-24)27(32,33)22-9-5-6-10-23(22)34-17-7-3-4-12-25(29)30/h5-6,8-11,13-16,18-19,32-33H,3-4,7,12,17H2,1-2H3,(H,29,30). The summed E-state index contributed by atoms with van der Waals surface area (Å²) in [5.74, 6) is -3.72. The molecule has 186 valence electrons. The number of rotatable bonds is 12. The van der Waals surface area contributed by atoms with Gasteiger partial charge in [-0.2, -0.15) is 0 Å². The predicted molar refractivity (Wildman–Crippen MR) is 135 cm³/mol. The zero-order valence-electron chi connectivity index (χ0n) is 19.9. The number of thiophene rings is 1. The van der Waals surface area contributed by atoms with Gasteiger partial charge in [0, 0.05) is 22.9 Å². The lowest BCUT2D eigenvalue weighted by molar-refractivity contribution is -0.264. The number of para-hydroxylation sites is 1. The van der Waals surface area contributed by atoms with Crippen molar-refractivity contribution in [2.24, 2.45) is 0 Å². The van der Waals surface area contributed by atoms with Crippen molar-refractivity contribution in [2.75, 3.05) is 6.61 Å². The number of benzene rings is 2. The van der Waals surface area contributed by atoms with E-state index >= 15 is 0 Å². The van der Waals surface area contributed by atoms with E-state index in [1.54, 1.807) is 55.5 Å². The highest BCUT2D eigenvalue weighted by Gasteiger charge is 2.42. The lowest BCUT2D eigenvalue weighted by Crippen LogP contribution is -2.53. The van der Waals surface area contributed by atoms with Gasteiger partial charge in [-0.3, -0.25) is 14.5 Å². The third-order valence-electron chi connectivity index (χ3n) is 5.55. The molecule has 0 saturated carbocycles. The Kier molecular flexibility index (Phi) is 9.03. The fourth-order valence-corrected chi connectivity index (χ4v) is 4.56. The van der Waals surface area contributed by atoms with Gasteiger partial charge in [-0.15, -0.1) is 11.3 Å². The lowest BCUT2D eigenvalue weighted by Gasteiger charge is -2.39. The van der Waals surface area contributed by atoms with E-state index in [1.807, 2.05) is 29.6 Å². The molecule has 0 aliphatic heterocycles. The summed E-state index contributed by atoms with van der Waals surface area (Å²) in [5.41, 5.74) is 1.38. The van der Waals surface area contributed by atoms with E-state index in [4.69, 9.17) is 9.84 Å². The minimum atomic E-state index is -2.61. The Morgan fingerprint density at radius 2 is 1.69 bits per heavy atom. The van der Waals surface area contributed by atoms with Gasteiger partial charge in [-0.25, -0.2) is 0 Å². The minimum Gasteiger partial charge on any atom is -0.493 e. The summed E-state index contributed by atoms with van der Waals surface area (Å²) >= 11 is 1.60. The van der Waals surface area contributed by atoms with E-state index in [-0.39, 0.29) is 24.3 Å². The van der Waals surface area contributed by atoms with E-state index in [9.17, 15) is 19.8 Å². The number of carbonyl (C=O) groups is 2. The topological polar surface area (TPSA) is 107 Å². The van der Waals surface area contributed by atoms with Crippen molar-refractivity contribution in [3.8, 4) is 16.2 Å². The molecule has 0 saturated heterocycles. The van der Waals surface area contributed by atoms with Crippen LogP contribution >= 0.6 is 11.3 Å². The summed E-state index contributed by atoms with van der Waals surface area (Å²) in [7, 11) is 0. The molecule has 0 aliphatic rings. The number of amides is 1. The second-order valence-corrected chi connectivity index (χ2v) is 9.46. The number of hydrogen-bond acceptors (Lipinski definition) is 6. The molecule has 0 atom stereocenters. The maximum atomic E-state index is 13.4. The van der Waals surface area contributed by atoms with Crippen molar-refractivity contribution >= 4 is 23.2 Å². The Hall–Kier alpha value is -3.20. The first-order valence-electron chi connectivity index (χ1n) is 11.6. The molecule has 8 heteroatoms. The third kappa shape index (κ3) is 6.69. The Labute approximate surface area is 209 Å². The van der Waals surface area contributed by atoms with Crippen LogP contribution < -0.4 is 4.74 Å². The quantitative estimate of drug-likeness (QED) is 0.238. The lowest BCUT2D eigenvalue weighted by atomic mass is 10.0. The molecule has 0 aliphatic carbocycles. The second kappa shape index (κ2) is 12.0. The maximum absolute atomic E-state index is 13.4. The van der Waals surface area contributed by atoms with Crippen LogP contribution in [0.4, 0.5) is 0 Å². The molecule has 0 spiro atoms. The molecule has 0 bridgehead atoms. The van der Waals surface area contributed by atoms with Gasteiger partial charge in [-0.1, -0.05) is 30.3 Å². The average Bonchev–Trinajstić information content (AvgIpc) is 3.36. The van der Waals surface area contributed by atoms with Crippen LogP contribution in [0.2, 0.25) is 0 Å². The number of carbonyl (C=O) groups excluding carboxylic acids is 1. The monoisotopic (exact) mass is 497 g/mol. The summed E-state index contributed by atoms with van der Waals surface area (Å²) in [4.78, 5) is 26.2. The summed E-state index contributed by atoms with van der Waals surface area (Å²) < 4.78 is 5.80. The molecule has 2 aromatic carbocycles. The summed E-state index contributed by atoms with van der Waals surface area (Å²) in [6.45, 7) is 3.71. The fraction of sp³-hybridized carbons (Fsp3) is 0.333. The molecule has 3 aromatic rings. The Morgan fingerprint density at radius 1 is 0.971 bits per heavy atom. The normalized spacial score (nSPS) is 11.5. The SMILES string of the molecule is CC(C)N(C(=O)c1ccc(-c2cccs2)cc1)C(O)(O)c1ccccc1OCCCCCC(=O)O. The average molecular weight is 498 g/mol. The highest BCUT2D eigenvalue weighted by Crippen LogP contribution is 2.34. The molecule has 1 amide bonds. The smallest absolute Gasteiger partial charge is 0.303 e. The number of hydrogen-bond donors (Lipinski definition) is 3. The molecule has 35 heavy (non-hydrogen) atoms. The summed E-state index contributed by atoms with van der Waals surface area (Å²) in [6, 6.07) is 17.0. The number of carboxylic acid groups (broad SMARTS) is 1. The predicted octanol–water partition coefficient (Wildman–Crippen LogP) is 5.08. The first kappa shape index (κ1) is 26.4. The van der Waals surface area contributed by atoms with Crippen molar-refractivity contribution < 1.29 is 29.6 Å². The van der Waals surface area contributed by atoms with Gasteiger partial charge < -0.3 is 20.1 Å². The van der Waals surface area contributed by atoms with Crippen LogP contribution in [-0.4, -0.2) is 44.7 Å². The van der Waals surface area contributed by atoms with Crippen LogP contribution in [0.3, 0.4) is 0 Å². The van der Waals surface area contributed by atoms with Gasteiger partial charge >= 0.3 is 5.97 Å². The van der Waals surface area contributed by atoms with E-state index in [0.29, 0.717) is 24.8 Å². The summed E-state index contributed by atoms with van der Waals surface area (Å²) in [5, 5.41) is 33.2. The van der Waals surface area contributed by atoms with Crippen LogP contribution in [0, 0.1) is 0 Å². The van der Waals surface area contributed by atoms with Crippen molar-refractivity contribution in [3.63, 3.8) is 0 Å². The van der Waals surface area contributed by atoms with E-state index < -0.39 is 23.8 Å². The van der Waals surface area contributed by atoms with Gasteiger partial charge in [0.15, 0.2) is 0 Å². The largest absolute Gasteiger partial charge is 0.493 e. The zero-order chi connectivity index (χ0) is 25.4. The van der Waals surface area contributed by atoms with Crippen molar-refractivity contribution in [1.82, 2.24) is 4.90 Å². The molecule has 0 unspecified atom stereocenters. The molecule has 0 fully saturated rings. The van der Waals surface area contributed by atoms with Crippen LogP contribution in [-0.2, 0) is 10.7 Å². The van der Waals surface area contributed by atoms with Crippen LogP contribution in [0.1, 0.15) is 55.5 Å². The Morgan fingerprint density at radius 3 is 2.31 bits per heavy atom. The van der Waals surface area contributed by atoms with Gasteiger partial charge in [0.25, 0.3) is 11.8 Å². The van der Waals surface area contributed by atoms with E-state index in [0.717, 1.165) is 15.3 Å². The molecule has 1 heterocycles. The van der Waals surface area contributed by atoms with Crippen molar-refractivity contribution in [1.29, 1.82) is 0 Å².